The van der Waals surface area contributed by atoms with Gasteiger partial charge < -0.3 is 85.2 Å². The third-order valence-corrected chi connectivity index (χ3v) is 16.4. The number of halogens is 1. The van der Waals surface area contributed by atoms with Crippen molar-refractivity contribution in [2.24, 2.45) is 11.7 Å². The van der Waals surface area contributed by atoms with E-state index < -0.39 is 120 Å². The van der Waals surface area contributed by atoms with Crippen LogP contribution < -0.4 is 47.3 Å². The van der Waals surface area contributed by atoms with Crippen LogP contribution in [0.15, 0.2) is 60.2 Å². The van der Waals surface area contributed by atoms with Crippen LogP contribution in [0.3, 0.4) is 0 Å². The Morgan fingerprint density at radius 2 is 1.64 bits per heavy atom. The Balaban J connectivity index is 1.11. The molecule has 2 aromatic carbocycles. The van der Waals surface area contributed by atoms with Crippen LogP contribution >= 0.6 is 23.8 Å². The van der Waals surface area contributed by atoms with Crippen LogP contribution in [-0.4, -0.2) is 201 Å². The lowest BCUT2D eigenvalue weighted by Crippen LogP contribution is -2.62. The van der Waals surface area contributed by atoms with Crippen LogP contribution in [0.2, 0.25) is 5.02 Å². The number of likely N-dealkylation sites (N-methyl/N-ethyl adjacent to an activating group) is 1. The molecule has 0 spiro atoms. The van der Waals surface area contributed by atoms with Crippen molar-refractivity contribution in [1.29, 1.82) is 0 Å². The summed E-state index contributed by atoms with van der Waals surface area (Å²) in [5.74, 6) is -5.64. The molecule has 0 unspecified atom stereocenters. The molecule has 4 aliphatic rings. The molecule has 4 aliphatic heterocycles. The molecule has 92 heavy (non-hydrogen) atoms. The van der Waals surface area contributed by atoms with Crippen LogP contribution in [0.5, 0.6) is 5.75 Å². The summed E-state index contributed by atoms with van der Waals surface area (Å²) in [6, 6.07) is 5.09. The largest absolute Gasteiger partial charge is 0.495 e. The number of nitrogens with one attached hydrogen (secondary N) is 6. The molecule has 3 fully saturated rings. The number of methoxy groups -OCH3 is 2. The molecule has 0 radical (unpaired) electrons. The van der Waals surface area contributed by atoms with E-state index in [0.29, 0.717) is 22.9 Å². The van der Waals surface area contributed by atoms with E-state index in [4.69, 9.17) is 67.5 Å². The average molecular weight is 1330 g/mol. The third-order valence-electron chi connectivity index (χ3n) is 15.8. The summed E-state index contributed by atoms with van der Waals surface area (Å²) in [5.41, 5.74) is 3.83. The molecule has 9 amide bonds. The molecule has 31 heteroatoms. The minimum absolute atomic E-state index is 0.00210. The number of aliphatic hydroxyl groups is 1. The molecule has 9 atom stereocenters. The number of nitrogens with zero attached hydrogens (tertiary/aromatic N) is 3. The number of rotatable bonds is 26. The van der Waals surface area contributed by atoms with Gasteiger partial charge in [0.2, 0.25) is 17.7 Å². The molecule has 504 valence electrons. The first-order chi connectivity index (χ1) is 43.6. The summed E-state index contributed by atoms with van der Waals surface area (Å²) in [4.78, 5) is 139. The van der Waals surface area contributed by atoms with Crippen molar-refractivity contribution in [2.45, 2.75) is 146 Å². The number of benzene rings is 2. The van der Waals surface area contributed by atoms with E-state index in [1.54, 1.807) is 57.2 Å². The maximum Gasteiger partial charge on any atom is 0.409 e. The summed E-state index contributed by atoms with van der Waals surface area (Å²) in [5, 5.41) is 28.9. The number of hydrogen-bond acceptors (Lipinski definition) is 20. The molecule has 4 bridgehead atoms. The molecule has 9 N–H and O–H groups in total. The molecule has 3 saturated heterocycles. The van der Waals surface area contributed by atoms with E-state index in [9.17, 15) is 53.1 Å². The Labute approximate surface area is 543 Å². The van der Waals surface area contributed by atoms with Crippen molar-refractivity contribution in [3.63, 3.8) is 0 Å². The Bertz CT molecular complexity index is 3120. The molecular weight excluding hydrogens is 1240 g/mol. The highest BCUT2D eigenvalue weighted by Crippen LogP contribution is 2.47. The maximum atomic E-state index is 14.6. The van der Waals surface area contributed by atoms with E-state index >= 15 is 0 Å². The number of esters is 1. The van der Waals surface area contributed by atoms with E-state index in [1.807, 2.05) is 13.0 Å². The number of amides is 9. The van der Waals surface area contributed by atoms with E-state index in [0.717, 1.165) is 16.0 Å². The number of carbonyl (C=O) groups is 10. The van der Waals surface area contributed by atoms with Crippen LogP contribution in [0.25, 0.3) is 0 Å². The number of urea groups is 1. The van der Waals surface area contributed by atoms with Gasteiger partial charge in [-0.25, -0.2) is 19.2 Å². The number of nitrogens with two attached hydrogens (primary N) is 1. The molecule has 6 rings (SSSR count). The fourth-order valence-electron chi connectivity index (χ4n) is 10.3. The van der Waals surface area contributed by atoms with Gasteiger partial charge >= 0.3 is 24.1 Å². The smallest absolute Gasteiger partial charge is 0.409 e. The number of para-hydroxylation sites is 1. The fraction of sp³-hybridized carbons (Fsp3) is 0.557. The molecule has 0 saturated carbocycles. The van der Waals surface area contributed by atoms with Gasteiger partial charge in [0.05, 0.1) is 69.4 Å². The van der Waals surface area contributed by atoms with Crippen molar-refractivity contribution in [3.05, 3.63) is 76.3 Å². The summed E-state index contributed by atoms with van der Waals surface area (Å²) in [6.07, 6.45) is -0.166. The lowest BCUT2D eigenvalue weighted by Gasteiger charge is -2.40. The quantitative estimate of drug-likeness (QED) is 0.0221. The zero-order valence-electron chi connectivity index (χ0n) is 52.9. The zero-order valence-corrected chi connectivity index (χ0v) is 54.5. The number of hydrogen-bond donors (Lipinski definition) is 8. The Morgan fingerprint density at radius 1 is 0.946 bits per heavy atom. The van der Waals surface area contributed by atoms with Gasteiger partial charge in [-0.2, -0.15) is 0 Å². The van der Waals surface area contributed by atoms with Crippen molar-refractivity contribution >= 4 is 99.8 Å². The van der Waals surface area contributed by atoms with Gasteiger partial charge in [-0.15, -0.1) is 5.06 Å². The first-order valence-electron chi connectivity index (χ1n) is 30.0. The average Bonchev–Trinajstić information content (AvgIpc) is 1.60. The van der Waals surface area contributed by atoms with Crippen LogP contribution in [0.4, 0.5) is 21.0 Å². The van der Waals surface area contributed by atoms with Crippen molar-refractivity contribution in [1.82, 2.24) is 36.5 Å². The summed E-state index contributed by atoms with van der Waals surface area (Å²) < 4.78 is 40.3. The minimum atomic E-state index is -1.92. The van der Waals surface area contributed by atoms with E-state index in [2.05, 4.69) is 31.9 Å². The molecular formula is C61H83ClN10O19S. The lowest BCUT2D eigenvalue weighted by atomic mass is 9.90. The summed E-state index contributed by atoms with van der Waals surface area (Å²) in [6.45, 7) is 9.09. The first-order valence-corrected chi connectivity index (χ1v) is 30.7. The number of epoxide rings is 1. The fourth-order valence-corrected chi connectivity index (χ4v) is 10.8. The minimum Gasteiger partial charge on any atom is -0.495 e. The topological polar surface area (TPSA) is 376 Å². The van der Waals surface area contributed by atoms with Gasteiger partial charge in [-0.05, 0) is 88.0 Å². The second-order valence-electron chi connectivity index (χ2n) is 23.0. The van der Waals surface area contributed by atoms with Crippen molar-refractivity contribution in [2.75, 3.05) is 78.0 Å². The van der Waals surface area contributed by atoms with Gasteiger partial charge in [0.15, 0.2) is 10.8 Å². The highest BCUT2D eigenvalue weighted by Gasteiger charge is 2.62. The predicted molar refractivity (Wildman–Crippen MR) is 335 cm³/mol. The first kappa shape index (κ1) is 73.1. The number of allylic oxidation sites excluding steroid dienone is 3. The van der Waals surface area contributed by atoms with Gasteiger partial charge in [0, 0.05) is 60.0 Å². The van der Waals surface area contributed by atoms with Crippen molar-refractivity contribution in [3.8, 4) is 5.75 Å². The number of anilines is 2. The van der Waals surface area contributed by atoms with Crippen molar-refractivity contribution < 1.29 is 91.0 Å². The molecule has 0 aliphatic carbocycles. The highest BCUT2D eigenvalue weighted by molar-refractivity contribution is 7.80. The number of hydroxylamine groups is 2. The number of carbonyl (C=O) groups excluding carboxylic acids is 10. The molecule has 0 aromatic heterocycles. The highest BCUT2D eigenvalue weighted by atomic mass is 35.5. The number of imide groups is 1. The van der Waals surface area contributed by atoms with Gasteiger partial charge in [0.25, 0.3) is 17.7 Å². The monoisotopic (exact) mass is 1330 g/mol. The van der Waals surface area contributed by atoms with E-state index in [-0.39, 0.29) is 112 Å². The predicted octanol–water partition coefficient (Wildman–Crippen LogP) is 2.97. The standard InChI is InChI=1S/C61H83ClN10O19S/c1-34(2)52(68-58(92)65-23-25-87-27-26-86-24-21-50(76)91-72-47(73)19-20-48(72)74)54(78)67-41(17-13-22-64-57(63)81)53(77)66-40-16-11-10-15-39(40)55(79)70(6)36(4)56(80)89-45-32-49(75)71(7)42-29-37(30-43(84-8)51(42)62)28-35(3)14-12-18-44(85-9)61(83)33-38(88-59(82)69-61)31-46-60(45,5)90-46/h10-12,14-16,18,29-30,34,36,38,41,44-46,52,83H,13,17,19-28,31-33H2,1-9H3,(H,66,77)(H,67,78)(H,69,82)(H3,63,64,81)(H2,65,68,92)/b18-12+,35-14+/t36-,38+,41-,44+,45-,46-,52-,60-,61-/m0/s1. The van der Waals surface area contributed by atoms with Gasteiger partial charge in [0.1, 0.15) is 52.8 Å². The summed E-state index contributed by atoms with van der Waals surface area (Å²) in [7, 11) is 5.69. The normalized spacial score (nSPS) is 23.4. The number of thiocarbonyl (C=S) groups is 1. The number of primary amides is 1. The van der Waals surface area contributed by atoms with Crippen LogP contribution in [0, 0.1) is 5.92 Å². The Hall–Kier alpha value is -8.00. The maximum absolute atomic E-state index is 14.6. The molecule has 29 nitrogen and oxygen atoms in total. The second-order valence-corrected chi connectivity index (χ2v) is 23.8. The number of fused-ring (bicyclic) bond motifs is 5. The Kier molecular flexibility index (Phi) is 26.6. The Morgan fingerprint density at radius 3 is 2.32 bits per heavy atom. The van der Waals surface area contributed by atoms with E-state index in [1.165, 1.54) is 52.3 Å². The number of ether oxygens (including phenoxy) is 7. The van der Waals surface area contributed by atoms with Gasteiger partial charge in [-0.1, -0.05) is 61.4 Å². The molecule has 2 aromatic rings. The zero-order chi connectivity index (χ0) is 67.6. The SMILES string of the molecule is COc1cc2cc(c1Cl)N(C)C(=O)C[C@H](OC(=O)[C@H](C)N(C)C(=O)c1ccccc1NC(=O)[C@H](CCCNC(N)=O)NC(=O)[C@@H](NC(=S)NCCOCCOCCC(=O)ON1C(=O)CCC1=O)C(C)C)[C@]1(C)O[C@H]1C[C@@H]1C[C@@](O)(NC(=O)O1)[C@H](OC)/C=C/C=C(\C)C2. The second kappa shape index (κ2) is 33.5. The number of alkyl carbamates (subject to hydrolysis) is 1. The molecule has 4 heterocycles. The van der Waals surface area contributed by atoms with Crippen LogP contribution in [-0.2, 0) is 73.2 Å². The van der Waals surface area contributed by atoms with Crippen LogP contribution in [0.1, 0.15) is 102 Å². The van der Waals surface area contributed by atoms with Gasteiger partial charge in [-0.3, -0.25) is 34.1 Å². The lowest BCUT2D eigenvalue weighted by molar-refractivity contribution is -0.198. The summed E-state index contributed by atoms with van der Waals surface area (Å²) >= 11 is 12.3. The third kappa shape index (κ3) is 20.0.